The third-order valence-corrected chi connectivity index (χ3v) is 5.83. The molecule has 4 rings (SSSR count). The smallest absolute Gasteiger partial charge is 0.416 e. The number of benzene rings is 2. The molecule has 1 aliphatic rings. The number of ether oxygens (including phenoxy) is 1. The number of nitrogens with one attached hydrogen (secondary N) is 1. The van der Waals surface area contributed by atoms with Crippen molar-refractivity contribution < 1.29 is 22.7 Å². The van der Waals surface area contributed by atoms with Crippen LogP contribution in [0.15, 0.2) is 48.5 Å². The summed E-state index contributed by atoms with van der Waals surface area (Å²) in [5.74, 6) is 1.01. The Morgan fingerprint density at radius 3 is 2.31 bits per heavy atom. The van der Waals surface area contributed by atoms with Gasteiger partial charge in [-0.05, 0) is 61.7 Å². The molecule has 1 heterocycles. The molecule has 168 valence electrons. The van der Waals surface area contributed by atoms with Crippen molar-refractivity contribution in [3.63, 3.8) is 0 Å². The number of hydrogen-bond donors (Lipinski definition) is 1. The minimum absolute atomic E-state index is 0.159. The molecule has 1 unspecified atom stereocenters. The molecule has 0 radical (unpaired) electrons. The lowest BCUT2D eigenvalue weighted by Gasteiger charge is -2.16. The number of nitrogens with zero attached hydrogens (tertiary/aromatic N) is 2. The van der Waals surface area contributed by atoms with Gasteiger partial charge in [-0.2, -0.15) is 18.3 Å². The second-order valence-electron chi connectivity index (χ2n) is 8.16. The number of fused-ring (bicyclic) bond motifs is 1. The van der Waals surface area contributed by atoms with Gasteiger partial charge < -0.3 is 10.1 Å². The van der Waals surface area contributed by atoms with E-state index in [4.69, 9.17) is 4.74 Å². The third-order valence-electron chi connectivity index (χ3n) is 5.83. The number of carbonyl (C=O) groups excluding carboxylic acids is 1. The molecule has 0 fully saturated rings. The normalized spacial score (nSPS) is 16.5. The molecule has 2 aromatic carbocycles. The standard InChI is InChI=1S/C24H24F3N3O2/c1-14-4-13-20-21(14)29-30(3)22(20)23(31)28-15(2)16-5-9-18(10-6-16)32-19-11-7-17(8-12-19)24(25,26)27/h5-12,14-15H,4,13H2,1-3H3,(H,28,31)/t14-,15?/m0/s1. The van der Waals surface area contributed by atoms with Gasteiger partial charge in [0.1, 0.15) is 17.2 Å². The second-order valence-corrected chi connectivity index (χ2v) is 8.16. The van der Waals surface area contributed by atoms with Crippen LogP contribution in [0.3, 0.4) is 0 Å². The fourth-order valence-electron chi connectivity index (χ4n) is 4.03. The fraction of sp³-hybridized carbons (Fsp3) is 0.333. The minimum atomic E-state index is -4.38. The summed E-state index contributed by atoms with van der Waals surface area (Å²) >= 11 is 0. The number of halogens is 3. The Kier molecular flexibility index (Phi) is 5.71. The van der Waals surface area contributed by atoms with E-state index in [0.29, 0.717) is 23.1 Å². The van der Waals surface area contributed by atoms with Crippen LogP contribution < -0.4 is 10.1 Å². The number of alkyl halides is 3. The Labute approximate surface area is 184 Å². The summed E-state index contributed by atoms with van der Waals surface area (Å²) < 4.78 is 45.3. The molecule has 1 aromatic heterocycles. The van der Waals surface area contributed by atoms with E-state index in [9.17, 15) is 18.0 Å². The van der Waals surface area contributed by atoms with Gasteiger partial charge in [-0.25, -0.2) is 0 Å². The first-order valence-electron chi connectivity index (χ1n) is 10.4. The Bertz CT molecular complexity index is 1120. The summed E-state index contributed by atoms with van der Waals surface area (Å²) in [4.78, 5) is 12.9. The summed E-state index contributed by atoms with van der Waals surface area (Å²) in [5, 5.41) is 7.55. The monoisotopic (exact) mass is 443 g/mol. The largest absolute Gasteiger partial charge is 0.457 e. The van der Waals surface area contributed by atoms with Gasteiger partial charge in [0, 0.05) is 18.5 Å². The van der Waals surface area contributed by atoms with Gasteiger partial charge >= 0.3 is 6.18 Å². The maximum absolute atomic E-state index is 12.9. The highest BCUT2D eigenvalue weighted by Gasteiger charge is 2.31. The Morgan fingerprint density at radius 1 is 1.12 bits per heavy atom. The molecule has 5 nitrogen and oxygen atoms in total. The SMILES string of the molecule is CC(NC(=O)c1c2c(nn1C)[C@@H](C)CC2)c1ccc(Oc2ccc(C(F)(F)F)cc2)cc1. The van der Waals surface area contributed by atoms with Crippen molar-refractivity contribution in [1.82, 2.24) is 15.1 Å². The molecule has 1 N–H and O–H groups in total. The van der Waals surface area contributed by atoms with E-state index in [-0.39, 0.29) is 11.9 Å². The van der Waals surface area contributed by atoms with Crippen molar-refractivity contribution in [1.29, 1.82) is 0 Å². The van der Waals surface area contributed by atoms with E-state index in [1.807, 2.05) is 19.1 Å². The van der Waals surface area contributed by atoms with Crippen LogP contribution in [0.2, 0.25) is 0 Å². The highest BCUT2D eigenvalue weighted by atomic mass is 19.4. The van der Waals surface area contributed by atoms with Crippen LogP contribution in [0, 0.1) is 0 Å². The molecule has 32 heavy (non-hydrogen) atoms. The lowest BCUT2D eigenvalue weighted by Crippen LogP contribution is -2.29. The molecule has 2 atom stereocenters. The molecular weight excluding hydrogens is 419 g/mol. The molecule has 3 aromatic rings. The molecule has 0 spiro atoms. The Morgan fingerprint density at radius 2 is 1.72 bits per heavy atom. The van der Waals surface area contributed by atoms with Crippen LogP contribution >= 0.6 is 0 Å². The zero-order chi connectivity index (χ0) is 23.0. The van der Waals surface area contributed by atoms with Gasteiger partial charge in [-0.1, -0.05) is 19.1 Å². The molecule has 0 saturated carbocycles. The van der Waals surface area contributed by atoms with Crippen LogP contribution in [0.1, 0.15) is 65.1 Å². The number of carbonyl (C=O) groups is 1. The van der Waals surface area contributed by atoms with Crippen LogP contribution in [0.4, 0.5) is 13.2 Å². The van der Waals surface area contributed by atoms with Crippen molar-refractivity contribution in [2.24, 2.45) is 7.05 Å². The van der Waals surface area contributed by atoms with Gasteiger partial charge in [-0.3, -0.25) is 9.48 Å². The molecule has 1 amide bonds. The van der Waals surface area contributed by atoms with Gasteiger partial charge in [-0.15, -0.1) is 0 Å². The minimum Gasteiger partial charge on any atom is -0.457 e. The summed E-state index contributed by atoms with van der Waals surface area (Å²) in [5.41, 5.74) is 2.81. The lowest BCUT2D eigenvalue weighted by molar-refractivity contribution is -0.137. The van der Waals surface area contributed by atoms with Gasteiger partial charge in [0.25, 0.3) is 5.91 Å². The summed E-state index contributed by atoms with van der Waals surface area (Å²) in [6.45, 7) is 4.01. The number of aromatic nitrogens is 2. The van der Waals surface area contributed by atoms with Crippen molar-refractivity contribution in [3.8, 4) is 11.5 Å². The van der Waals surface area contributed by atoms with E-state index in [1.54, 1.807) is 23.9 Å². The quantitative estimate of drug-likeness (QED) is 0.545. The summed E-state index contributed by atoms with van der Waals surface area (Å²) in [7, 11) is 1.79. The van der Waals surface area contributed by atoms with Crippen molar-refractivity contribution in [2.75, 3.05) is 0 Å². The Balaban J connectivity index is 1.41. The van der Waals surface area contributed by atoms with E-state index < -0.39 is 11.7 Å². The van der Waals surface area contributed by atoms with Crippen LogP contribution in [-0.4, -0.2) is 15.7 Å². The molecule has 0 saturated heterocycles. The van der Waals surface area contributed by atoms with E-state index in [1.165, 1.54) is 12.1 Å². The van der Waals surface area contributed by atoms with Crippen LogP contribution in [0.5, 0.6) is 11.5 Å². The first-order chi connectivity index (χ1) is 15.1. The number of hydrogen-bond acceptors (Lipinski definition) is 3. The van der Waals surface area contributed by atoms with Crippen LogP contribution in [-0.2, 0) is 19.6 Å². The van der Waals surface area contributed by atoms with Crippen molar-refractivity contribution in [3.05, 3.63) is 76.6 Å². The average molecular weight is 443 g/mol. The topological polar surface area (TPSA) is 56.2 Å². The maximum atomic E-state index is 12.9. The predicted octanol–water partition coefficient (Wildman–Crippen LogP) is 5.77. The molecule has 0 bridgehead atoms. The van der Waals surface area contributed by atoms with Crippen molar-refractivity contribution >= 4 is 5.91 Å². The lowest BCUT2D eigenvalue weighted by atomic mass is 10.1. The van der Waals surface area contributed by atoms with Gasteiger partial charge in [0.05, 0.1) is 17.3 Å². The maximum Gasteiger partial charge on any atom is 0.416 e. The van der Waals surface area contributed by atoms with Crippen LogP contribution in [0.25, 0.3) is 0 Å². The highest BCUT2D eigenvalue weighted by Crippen LogP contribution is 2.34. The average Bonchev–Trinajstić information content (AvgIpc) is 3.26. The number of amides is 1. The number of aryl methyl sites for hydroxylation is 1. The third kappa shape index (κ3) is 4.35. The number of rotatable bonds is 5. The van der Waals surface area contributed by atoms with Gasteiger partial charge in [0.15, 0.2) is 0 Å². The summed E-state index contributed by atoms with van der Waals surface area (Å²) in [6.07, 6.45) is -2.51. The highest BCUT2D eigenvalue weighted by molar-refractivity contribution is 5.94. The van der Waals surface area contributed by atoms with E-state index >= 15 is 0 Å². The zero-order valence-corrected chi connectivity index (χ0v) is 18.0. The first kappa shape index (κ1) is 21.9. The second kappa shape index (κ2) is 8.33. The molecule has 0 aliphatic heterocycles. The molecular formula is C24H24F3N3O2. The molecule has 1 aliphatic carbocycles. The predicted molar refractivity (Wildman–Crippen MR) is 114 cm³/mol. The summed E-state index contributed by atoms with van der Waals surface area (Å²) in [6, 6.07) is 11.4. The van der Waals surface area contributed by atoms with Crippen molar-refractivity contribution in [2.45, 2.75) is 44.8 Å². The Hall–Kier alpha value is -3.29. The van der Waals surface area contributed by atoms with Gasteiger partial charge in [0.2, 0.25) is 0 Å². The van der Waals surface area contributed by atoms with E-state index in [2.05, 4.69) is 17.3 Å². The first-order valence-corrected chi connectivity index (χ1v) is 10.4. The van der Waals surface area contributed by atoms with E-state index in [0.717, 1.165) is 41.8 Å². The molecule has 8 heteroatoms. The fourth-order valence-corrected chi connectivity index (χ4v) is 4.03. The zero-order valence-electron chi connectivity index (χ0n) is 18.0.